The molecule has 0 spiro atoms. The highest BCUT2D eigenvalue weighted by atomic mass is 16.6. The predicted molar refractivity (Wildman–Crippen MR) is 92.7 cm³/mol. The molecule has 6 heteroatoms. The summed E-state index contributed by atoms with van der Waals surface area (Å²) in [6.07, 6.45) is 1.58. The van der Waals surface area contributed by atoms with Gasteiger partial charge in [0.2, 0.25) is 5.76 Å². The molecule has 0 aliphatic heterocycles. The lowest BCUT2D eigenvalue weighted by Gasteiger charge is -2.19. The minimum atomic E-state index is -0.518. The lowest BCUT2D eigenvalue weighted by molar-refractivity contribution is -0.141. The molecule has 0 fully saturated rings. The molecule has 0 saturated carbocycles. The molecule has 24 heavy (non-hydrogen) atoms. The topological polar surface area (TPSA) is 57.2 Å². The SMILES string of the molecule is CCOC(=O)/C(=C\N(C)C)Oc1cc(OC)c(OC)cc1C(C)C. The van der Waals surface area contributed by atoms with Crippen LogP contribution in [0.5, 0.6) is 17.2 Å². The normalized spacial score (nSPS) is 11.2. The molecule has 0 aromatic heterocycles. The third-order valence-electron chi connectivity index (χ3n) is 3.21. The Kier molecular flexibility index (Phi) is 7.42. The van der Waals surface area contributed by atoms with Crippen LogP contribution in [0.1, 0.15) is 32.3 Å². The fourth-order valence-electron chi connectivity index (χ4n) is 2.09. The van der Waals surface area contributed by atoms with E-state index < -0.39 is 5.97 Å². The summed E-state index contributed by atoms with van der Waals surface area (Å²) in [7, 11) is 6.75. The maximum Gasteiger partial charge on any atom is 0.375 e. The second-order valence-electron chi connectivity index (χ2n) is 5.68. The number of rotatable bonds is 8. The number of ether oxygens (including phenoxy) is 4. The van der Waals surface area contributed by atoms with Crippen molar-refractivity contribution in [3.05, 3.63) is 29.7 Å². The highest BCUT2D eigenvalue weighted by Crippen LogP contribution is 2.38. The van der Waals surface area contributed by atoms with Gasteiger partial charge in [0.05, 0.1) is 20.8 Å². The fraction of sp³-hybridized carbons (Fsp3) is 0.500. The first-order valence-corrected chi connectivity index (χ1v) is 7.83. The van der Waals surface area contributed by atoms with Crippen molar-refractivity contribution in [1.82, 2.24) is 4.90 Å². The average Bonchev–Trinajstić information content (AvgIpc) is 2.53. The summed E-state index contributed by atoms with van der Waals surface area (Å²) >= 11 is 0. The zero-order chi connectivity index (χ0) is 18.3. The molecule has 0 bridgehead atoms. The smallest absolute Gasteiger partial charge is 0.375 e. The van der Waals surface area contributed by atoms with Gasteiger partial charge in [0.25, 0.3) is 0 Å². The van der Waals surface area contributed by atoms with Crippen molar-refractivity contribution < 1.29 is 23.7 Å². The zero-order valence-corrected chi connectivity index (χ0v) is 15.5. The first-order valence-electron chi connectivity index (χ1n) is 7.83. The molecular formula is C18H27NO5. The van der Waals surface area contributed by atoms with Gasteiger partial charge in [-0.25, -0.2) is 4.79 Å². The molecule has 0 aliphatic carbocycles. The lowest BCUT2D eigenvalue weighted by atomic mass is 10.0. The Hall–Kier alpha value is -2.37. The van der Waals surface area contributed by atoms with E-state index in [1.165, 1.54) is 0 Å². The molecule has 0 N–H and O–H groups in total. The molecule has 6 nitrogen and oxygen atoms in total. The summed E-state index contributed by atoms with van der Waals surface area (Å²) in [5.41, 5.74) is 0.904. The lowest BCUT2D eigenvalue weighted by Crippen LogP contribution is -2.17. The monoisotopic (exact) mass is 337 g/mol. The standard InChI is InChI=1S/C18H27NO5/c1-8-23-18(20)17(11-19(4)5)24-14-10-16(22-7)15(21-6)9-13(14)12(2)3/h9-12H,8H2,1-7H3/b17-11+. The van der Waals surface area contributed by atoms with E-state index in [9.17, 15) is 4.79 Å². The van der Waals surface area contributed by atoms with Gasteiger partial charge < -0.3 is 23.8 Å². The van der Waals surface area contributed by atoms with E-state index in [0.717, 1.165) is 5.56 Å². The number of hydrogen-bond acceptors (Lipinski definition) is 6. The highest BCUT2D eigenvalue weighted by Gasteiger charge is 2.20. The number of carbonyl (C=O) groups is 1. The summed E-state index contributed by atoms with van der Waals surface area (Å²) in [5, 5.41) is 0. The molecule has 0 radical (unpaired) electrons. The van der Waals surface area contributed by atoms with Gasteiger partial charge in [-0.1, -0.05) is 13.8 Å². The Morgan fingerprint density at radius 1 is 1.12 bits per heavy atom. The average molecular weight is 337 g/mol. The van der Waals surface area contributed by atoms with E-state index in [4.69, 9.17) is 18.9 Å². The molecule has 134 valence electrons. The first kappa shape index (κ1) is 19.7. The predicted octanol–water partition coefficient (Wildman–Crippen LogP) is 3.17. The summed E-state index contributed by atoms with van der Waals surface area (Å²) < 4.78 is 21.6. The highest BCUT2D eigenvalue weighted by molar-refractivity contribution is 5.86. The third kappa shape index (κ3) is 5.08. The van der Waals surface area contributed by atoms with Crippen molar-refractivity contribution >= 4 is 5.97 Å². The van der Waals surface area contributed by atoms with Crippen LogP contribution in [0.4, 0.5) is 0 Å². The summed E-state index contributed by atoms with van der Waals surface area (Å²) in [6.45, 7) is 6.10. The van der Waals surface area contributed by atoms with E-state index >= 15 is 0 Å². The number of esters is 1. The van der Waals surface area contributed by atoms with Gasteiger partial charge in [-0.05, 0) is 18.9 Å². The van der Waals surface area contributed by atoms with E-state index in [1.807, 2.05) is 19.9 Å². The molecule has 1 aromatic carbocycles. The van der Waals surface area contributed by atoms with Gasteiger partial charge in [-0.15, -0.1) is 0 Å². The van der Waals surface area contributed by atoms with Crippen LogP contribution in [0.2, 0.25) is 0 Å². The summed E-state index contributed by atoms with van der Waals surface area (Å²) in [6, 6.07) is 3.58. The van der Waals surface area contributed by atoms with Gasteiger partial charge in [-0.2, -0.15) is 0 Å². The Morgan fingerprint density at radius 2 is 1.71 bits per heavy atom. The quantitative estimate of drug-likeness (QED) is 0.412. The largest absolute Gasteiger partial charge is 0.493 e. The molecule has 0 amide bonds. The number of methoxy groups -OCH3 is 2. The second kappa shape index (κ2) is 9.05. The van der Waals surface area contributed by atoms with Crippen LogP contribution in [0.25, 0.3) is 0 Å². The summed E-state index contributed by atoms with van der Waals surface area (Å²) in [4.78, 5) is 13.9. The molecule has 0 aliphatic rings. The molecule has 0 atom stereocenters. The third-order valence-corrected chi connectivity index (χ3v) is 3.21. The van der Waals surface area contributed by atoms with E-state index in [0.29, 0.717) is 17.2 Å². The number of benzene rings is 1. The molecule has 1 aromatic rings. The van der Waals surface area contributed by atoms with Crippen LogP contribution in [-0.4, -0.2) is 45.8 Å². The second-order valence-corrected chi connectivity index (χ2v) is 5.68. The van der Waals surface area contributed by atoms with Crippen molar-refractivity contribution in [3.63, 3.8) is 0 Å². The number of carbonyl (C=O) groups excluding carboxylic acids is 1. The van der Waals surface area contributed by atoms with Gasteiger partial charge in [0, 0.05) is 31.9 Å². The minimum Gasteiger partial charge on any atom is -0.493 e. The first-order chi connectivity index (χ1) is 11.3. The maximum absolute atomic E-state index is 12.1. The van der Waals surface area contributed by atoms with Crippen LogP contribution in [0.15, 0.2) is 24.1 Å². The van der Waals surface area contributed by atoms with Crippen molar-refractivity contribution in [1.29, 1.82) is 0 Å². The Balaban J connectivity index is 3.33. The van der Waals surface area contributed by atoms with Gasteiger partial charge >= 0.3 is 5.97 Å². The minimum absolute atomic E-state index is 0.107. The number of hydrogen-bond donors (Lipinski definition) is 0. The van der Waals surface area contributed by atoms with Crippen molar-refractivity contribution in [2.24, 2.45) is 0 Å². The fourth-order valence-corrected chi connectivity index (χ4v) is 2.09. The zero-order valence-electron chi connectivity index (χ0n) is 15.5. The van der Waals surface area contributed by atoms with Crippen molar-refractivity contribution in [3.8, 4) is 17.2 Å². The van der Waals surface area contributed by atoms with Crippen LogP contribution in [-0.2, 0) is 9.53 Å². The van der Waals surface area contributed by atoms with E-state index in [-0.39, 0.29) is 18.3 Å². The maximum atomic E-state index is 12.1. The van der Waals surface area contributed by atoms with Crippen molar-refractivity contribution in [2.45, 2.75) is 26.7 Å². The van der Waals surface area contributed by atoms with Crippen LogP contribution >= 0.6 is 0 Å². The van der Waals surface area contributed by atoms with Crippen LogP contribution in [0, 0.1) is 0 Å². The molecule has 1 rings (SSSR count). The Labute approximate surface area is 143 Å². The van der Waals surface area contributed by atoms with Crippen molar-refractivity contribution in [2.75, 3.05) is 34.9 Å². The Morgan fingerprint density at radius 3 is 2.17 bits per heavy atom. The van der Waals surface area contributed by atoms with Gasteiger partial charge in [0.15, 0.2) is 11.5 Å². The molecule has 0 heterocycles. The van der Waals surface area contributed by atoms with Gasteiger partial charge in [0.1, 0.15) is 5.75 Å². The van der Waals surface area contributed by atoms with Gasteiger partial charge in [-0.3, -0.25) is 0 Å². The molecule has 0 unspecified atom stereocenters. The Bertz CT molecular complexity index is 593. The van der Waals surface area contributed by atoms with E-state index in [1.54, 1.807) is 52.4 Å². The van der Waals surface area contributed by atoms with Crippen LogP contribution < -0.4 is 14.2 Å². The van der Waals surface area contributed by atoms with Crippen LogP contribution in [0.3, 0.4) is 0 Å². The van der Waals surface area contributed by atoms with E-state index in [2.05, 4.69) is 0 Å². The molecular weight excluding hydrogens is 310 g/mol. The number of nitrogens with zero attached hydrogens (tertiary/aromatic N) is 1. The molecule has 0 saturated heterocycles. The summed E-state index contributed by atoms with van der Waals surface area (Å²) in [5.74, 6) is 1.44.